The fourth-order valence-corrected chi connectivity index (χ4v) is 3.35. The summed E-state index contributed by atoms with van der Waals surface area (Å²) in [5, 5.41) is 1.01. The Bertz CT molecular complexity index is 353. The molecule has 0 spiro atoms. The highest BCUT2D eigenvalue weighted by molar-refractivity contribution is 7.13. The molecule has 102 valence electrons. The lowest BCUT2D eigenvalue weighted by Crippen LogP contribution is -2.36. The molecule has 1 fully saturated rings. The third-order valence-electron chi connectivity index (χ3n) is 3.38. The molecule has 0 radical (unpaired) electrons. The molecule has 4 heteroatoms. The molecule has 1 aromatic heterocycles. The van der Waals surface area contributed by atoms with Crippen molar-refractivity contribution in [3.05, 3.63) is 17.0 Å². The van der Waals surface area contributed by atoms with E-state index in [2.05, 4.69) is 24.0 Å². The first-order chi connectivity index (χ1) is 8.81. The maximum absolute atomic E-state index is 5.55. The van der Waals surface area contributed by atoms with Gasteiger partial charge in [0.25, 0.3) is 0 Å². The molecule has 0 aromatic carbocycles. The Morgan fingerprint density at radius 2 is 2.33 bits per heavy atom. The summed E-state index contributed by atoms with van der Waals surface area (Å²) in [7, 11) is 1.73. The second kappa shape index (κ2) is 7.12. The molecule has 0 amide bonds. The smallest absolute Gasteiger partial charge is 0.173 e. The van der Waals surface area contributed by atoms with E-state index in [0.717, 1.165) is 24.8 Å². The molecule has 1 aliphatic heterocycles. The molecule has 0 bridgehead atoms. The van der Waals surface area contributed by atoms with Gasteiger partial charge in [-0.3, -0.25) is 4.90 Å². The highest BCUT2D eigenvalue weighted by Crippen LogP contribution is 2.26. The van der Waals surface area contributed by atoms with Gasteiger partial charge in [0.1, 0.15) is 0 Å². The number of piperidine rings is 1. The summed E-state index contributed by atoms with van der Waals surface area (Å²) in [6.07, 6.45) is 2.60. The number of hydrogen-bond donors (Lipinski definition) is 0. The molecule has 2 rings (SSSR count). The van der Waals surface area contributed by atoms with Crippen molar-refractivity contribution in [2.75, 3.05) is 33.4 Å². The summed E-state index contributed by atoms with van der Waals surface area (Å²) in [6.45, 7) is 7.25. The lowest BCUT2D eigenvalue weighted by atomic mass is 9.99. The van der Waals surface area contributed by atoms with Crippen LogP contribution in [0.5, 0.6) is 5.06 Å². The molecule has 0 unspecified atom stereocenters. The van der Waals surface area contributed by atoms with Crippen LogP contribution in [0.25, 0.3) is 0 Å². The van der Waals surface area contributed by atoms with Crippen molar-refractivity contribution >= 4 is 11.3 Å². The van der Waals surface area contributed by atoms with Crippen molar-refractivity contribution in [2.45, 2.75) is 26.3 Å². The fraction of sp³-hybridized carbons (Fsp3) is 0.714. The van der Waals surface area contributed by atoms with E-state index in [-0.39, 0.29) is 0 Å². The van der Waals surface area contributed by atoms with Gasteiger partial charge in [0.05, 0.1) is 13.7 Å². The number of ether oxygens (including phenoxy) is 2. The van der Waals surface area contributed by atoms with Crippen LogP contribution in [0, 0.1) is 5.92 Å². The Kier molecular flexibility index (Phi) is 5.47. The summed E-state index contributed by atoms with van der Waals surface area (Å²) in [4.78, 5) is 3.93. The zero-order valence-corrected chi connectivity index (χ0v) is 12.2. The van der Waals surface area contributed by atoms with E-state index in [1.54, 1.807) is 18.4 Å². The SMILES string of the molecule is CCOC[C@@H]1CCCN(Cc2ccc(OC)s2)C1. The quantitative estimate of drug-likeness (QED) is 0.792. The van der Waals surface area contributed by atoms with Crippen molar-refractivity contribution in [1.82, 2.24) is 4.90 Å². The predicted octanol–water partition coefficient (Wildman–Crippen LogP) is 3.01. The number of hydrogen-bond acceptors (Lipinski definition) is 4. The molecule has 1 aromatic rings. The van der Waals surface area contributed by atoms with Crippen molar-refractivity contribution in [3.63, 3.8) is 0 Å². The van der Waals surface area contributed by atoms with E-state index in [0.29, 0.717) is 5.92 Å². The number of methoxy groups -OCH3 is 1. The number of nitrogens with zero attached hydrogens (tertiary/aromatic N) is 1. The molecule has 0 N–H and O–H groups in total. The Morgan fingerprint density at radius 1 is 1.44 bits per heavy atom. The van der Waals surface area contributed by atoms with E-state index in [1.807, 2.05) is 0 Å². The molecule has 1 saturated heterocycles. The van der Waals surface area contributed by atoms with E-state index in [4.69, 9.17) is 9.47 Å². The minimum absolute atomic E-state index is 0.709. The normalized spacial score (nSPS) is 21.1. The van der Waals surface area contributed by atoms with E-state index in [1.165, 1.54) is 30.8 Å². The zero-order chi connectivity index (χ0) is 12.8. The van der Waals surface area contributed by atoms with Gasteiger partial charge in [0, 0.05) is 24.6 Å². The van der Waals surface area contributed by atoms with Crippen molar-refractivity contribution in [3.8, 4) is 5.06 Å². The van der Waals surface area contributed by atoms with Crippen LogP contribution >= 0.6 is 11.3 Å². The molecule has 0 saturated carbocycles. The van der Waals surface area contributed by atoms with Gasteiger partial charge in [-0.05, 0) is 44.4 Å². The third-order valence-corrected chi connectivity index (χ3v) is 4.41. The Labute approximate surface area is 114 Å². The largest absolute Gasteiger partial charge is 0.487 e. The average Bonchev–Trinajstić information content (AvgIpc) is 2.84. The molecule has 1 aliphatic rings. The van der Waals surface area contributed by atoms with Crippen LogP contribution in [0.4, 0.5) is 0 Å². The summed E-state index contributed by atoms with van der Waals surface area (Å²) >= 11 is 1.75. The number of likely N-dealkylation sites (tertiary alicyclic amines) is 1. The van der Waals surface area contributed by atoms with Crippen LogP contribution in [0.15, 0.2) is 12.1 Å². The van der Waals surface area contributed by atoms with Crippen molar-refractivity contribution in [2.24, 2.45) is 5.92 Å². The molecule has 0 aliphatic carbocycles. The van der Waals surface area contributed by atoms with Gasteiger partial charge in [-0.1, -0.05) is 0 Å². The predicted molar refractivity (Wildman–Crippen MR) is 75.4 cm³/mol. The number of rotatable bonds is 6. The van der Waals surface area contributed by atoms with Gasteiger partial charge < -0.3 is 9.47 Å². The van der Waals surface area contributed by atoms with Gasteiger partial charge in [0.2, 0.25) is 0 Å². The topological polar surface area (TPSA) is 21.7 Å². The van der Waals surface area contributed by atoms with Gasteiger partial charge in [0.15, 0.2) is 5.06 Å². The molecule has 3 nitrogen and oxygen atoms in total. The van der Waals surface area contributed by atoms with Gasteiger partial charge in [-0.2, -0.15) is 0 Å². The number of thiophene rings is 1. The van der Waals surface area contributed by atoms with E-state index >= 15 is 0 Å². The average molecular weight is 269 g/mol. The zero-order valence-electron chi connectivity index (χ0n) is 11.4. The Morgan fingerprint density at radius 3 is 3.06 bits per heavy atom. The first-order valence-corrected chi connectivity index (χ1v) is 7.56. The standard InChI is InChI=1S/C14H23NO2S/c1-3-17-11-12-5-4-8-15(9-12)10-13-6-7-14(16-2)18-13/h6-7,12H,3-5,8-11H2,1-2H3/t12-/m1/s1. The maximum atomic E-state index is 5.55. The molecule has 1 atom stereocenters. The van der Waals surface area contributed by atoms with Crippen LogP contribution in [-0.4, -0.2) is 38.3 Å². The Hall–Kier alpha value is -0.580. The fourth-order valence-electron chi connectivity index (χ4n) is 2.49. The van der Waals surface area contributed by atoms with Crippen LogP contribution < -0.4 is 4.74 Å². The maximum Gasteiger partial charge on any atom is 0.173 e. The highest BCUT2D eigenvalue weighted by Gasteiger charge is 2.20. The van der Waals surface area contributed by atoms with Crippen LogP contribution in [0.1, 0.15) is 24.6 Å². The first-order valence-electron chi connectivity index (χ1n) is 6.74. The summed E-state index contributed by atoms with van der Waals surface area (Å²) in [5.74, 6) is 0.709. The minimum atomic E-state index is 0.709. The van der Waals surface area contributed by atoms with E-state index < -0.39 is 0 Å². The lowest BCUT2D eigenvalue weighted by Gasteiger charge is -2.32. The monoisotopic (exact) mass is 269 g/mol. The van der Waals surface area contributed by atoms with E-state index in [9.17, 15) is 0 Å². The second-order valence-corrected chi connectivity index (χ2v) is 5.96. The van der Waals surface area contributed by atoms with Crippen LogP contribution in [-0.2, 0) is 11.3 Å². The summed E-state index contributed by atoms with van der Waals surface area (Å²) in [5.41, 5.74) is 0. The van der Waals surface area contributed by atoms with Crippen molar-refractivity contribution in [1.29, 1.82) is 0 Å². The van der Waals surface area contributed by atoms with Crippen LogP contribution in [0.3, 0.4) is 0 Å². The minimum Gasteiger partial charge on any atom is -0.487 e. The molecular formula is C14H23NO2S. The summed E-state index contributed by atoms with van der Waals surface area (Å²) in [6, 6.07) is 4.23. The lowest BCUT2D eigenvalue weighted by molar-refractivity contribution is 0.0650. The van der Waals surface area contributed by atoms with Gasteiger partial charge in [-0.25, -0.2) is 0 Å². The highest BCUT2D eigenvalue weighted by atomic mass is 32.1. The third kappa shape index (κ3) is 3.97. The van der Waals surface area contributed by atoms with Gasteiger partial charge in [-0.15, -0.1) is 11.3 Å². The summed E-state index contributed by atoms with van der Waals surface area (Å²) < 4.78 is 10.8. The second-order valence-electron chi connectivity index (χ2n) is 4.83. The van der Waals surface area contributed by atoms with Crippen molar-refractivity contribution < 1.29 is 9.47 Å². The Balaban J connectivity index is 1.81. The molecule has 2 heterocycles. The molecule has 18 heavy (non-hydrogen) atoms. The van der Waals surface area contributed by atoms with Crippen LogP contribution in [0.2, 0.25) is 0 Å². The first kappa shape index (κ1) is 13.8. The van der Waals surface area contributed by atoms with Gasteiger partial charge >= 0.3 is 0 Å². The molecular weight excluding hydrogens is 246 g/mol.